The summed E-state index contributed by atoms with van der Waals surface area (Å²) in [7, 11) is 0. The number of rotatable bonds is 3. The lowest BCUT2D eigenvalue weighted by Gasteiger charge is -2.24. The average molecular weight is 351 g/mol. The van der Waals surface area contributed by atoms with Gasteiger partial charge in [-0.1, -0.05) is 18.2 Å². The van der Waals surface area contributed by atoms with Crippen LogP contribution in [0.3, 0.4) is 0 Å². The molecule has 3 rings (SSSR count). The second kappa shape index (κ2) is 7.08. The highest BCUT2D eigenvalue weighted by molar-refractivity contribution is 5.68. The minimum absolute atomic E-state index is 0.145. The lowest BCUT2D eigenvalue weighted by molar-refractivity contribution is -0.139. The molecule has 1 amide bonds. The van der Waals surface area contributed by atoms with E-state index in [-0.39, 0.29) is 11.3 Å². The van der Waals surface area contributed by atoms with E-state index in [2.05, 4.69) is 9.97 Å². The highest BCUT2D eigenvalue weighted by Crippen LogP contribution is 2.37. The number of likely N-dealkylation sites (tertiary alicyclic amines) is 1. The molecule has 1 aromatic carbocycles. The summed E-state index contributed by atoms with van der Waals surface area (Å²) in [5, 5.41) is 0. The minimum atomic E-state index is -4.57. The van der Waals surface area contributed by atoms with Gasteiger partial charge in [0.05, 0.1) is 11.8 Å². The molecule has 0 spiro atoms. The van der Waals surface area contributed by atoms with Gasteiger partial charge < -0.3 is 9.64 Å². The van der Waals surface area contributed by atoms with E-state index < -0.39 is 23.9 Å². The summed E-state index contributed by atoms with van der Waals surface area (Å²) in [5.74, 6) is 0. The Morgan fingerprint density at radius 2 is 1.88 bits per heavy atom. The number of hydrogen-bond acceptors (Lipinski definition) is 4. The maximum absolute atomic E-state index is 13.4. The van der Waals surface area contributed by atoms with Crippen LogP contribution in [0.4, 0.5) is 18.0 Å². The normalized spacial score (nSPS) is 15.9. The molecule has 0 bridgehead atoms. The molecule has 0 N–H and O–H groups in total. The Labute approximate surface area is 142 Å². The van der Waals surface area contributed by atoms with Crippen LogP contribution in [0, 0.1) is 0 Å². The fraction of sp³-hybridized carbons (Fsp3) is 0.353. The summed E-state index contributed by atoms with van der Waals surface area (Å²) >= 11 is 0. The van der Waals surface area contributed by atoms with E-state index in [1.54, 1.807) is 0 Å². The Morgan fingerprint density at radius 3 is 2.52 bits per heavy atom. The van der Waals surface area contributed by atoms with Crippen molar-refractivity contribution in [2.45, 2.75) is 25.1 Å². The van der Waals surface area contributed by atoms with Gasteiger partial charge >= 0.3 is 12.3 Å². The first kappa shape index (κ1) is 17.2. The summed E-state index contributed by atoms with van der Waals surface area (Å²) in [6, 6.07) is 5.02. The van der Waals surface area contributed by atoms with Crippen LogP contribution in [0.25, 0.3) is 0 Å². The van der Waals surface area contributed by atoms with Crippen molar-refractivity contribution >= 4 is 6.09 Å². The number of nitrogens with zero attached hydrogens (tertiary/aromatic N) is 3. The van der Waals surface area contributed by atoms with Crippen LogP contribution in [0.2, 0.25) is 0 Å². The fourth-order valence-corrected chi connectivity index (χ4v) is 2.79. The Balaban J connectivity index is 1.99. The van der Waals surface area contributed by atoms with Gasteiger partial charge in [0.15, 0.2) is 6.10 Å². The number of carbonyl (C=O) groups is 1. The summed E-state index contributed by atoms with van der Waals surface area (Å²) in [5.41, 5.74) is -0.880. The molecular weight excluding hydrogens is 335 g/mol. The van der Waals surface area contributed by atoms with Crippen LogP contribution in [0.1, 0.15) is 35.8 Å². The zero-order chi connectivity index (χ0) is 17.9. The Morgan fingerprint density at radius 1 is 1.16 bits per heavy atom. The average Bonchev–Trinajstić information content (AvgIpc) is 3.14. The van der Waals surface area contributed by atoms with Gasteiger partial charge in [0, 0.05) is 31.0 Å². The summed E-state index contributed by atoms with van der Waals surface area (Å²) < 4.78 is 45.6. The van der Waals surface area contributed by atoms with Gasteiger partial charge in [-0.3, -0.25) is 9.97 Å². The fourth-order valence-electron chi connectivity index (χ4n) is 2.79. The van der Waals surface area contributed by atoms with Crippen molar-refractivity contribution in [3.05, 3.63) is 59.7 Å². The van der Waals surface area contributed by atoms with Gasteiger partial charge in [-0.2, -0.15) is 13.2 Å². The van der Waals surface area contributed by atoms with Crippen molar-refractivity contribution in [3.8, 4) is 0 Å². The van der Waals surface area contributed by atoms with Crippen LogP contribution in [-0.4, -0.2) is 34.1 Å². The van der Waals surface area contributed by atoms with Gasteiger partial charge in [-0.05, 0) is 18.9 Å². The number of amides is 1. The number of hydrogen-bond donors (Lipinski definition) is 0. The van der Waals surface area contributed by atoms with E-state index in [1.165, 1.54) is 41.7 Å². The molecule has 25 heavy (non-hydrogen) atoms. The standard InChI is InChI=1S/C17H16F3N3O2/c18-17(19,20)13-6-2-1-5-12(13)15(14-11-21-7-8-22-14)25-16(24)23-9-3-4-10-23/h1-2,5-8,11,15H,3-4,9-10H2. The van der Waals surface area contributed by atoms with Crippen molar-refractivity contribution in [1.29, 1.82) is 0 Å². The molecule has 1 fully saturated rings. The predicted molar refractivity (Wildman–Crippen MR) is 82.6 cm³/mol. The third kappa shape index (κ3) is 3.89. The summed E-state index contributed by atoms with van der Waals surface area (Å²) in [6.07, 6.45) is -0.745. The molecule has 0 saturated carbocycles. The Kier molecular flexibility index (Phi) is 4.87. The molecule has 0 radical (unpaired) electrons. The quantitative estimate of drug-likeness (QED) is 0.844. The maximum atomic E-state index is 13.4. The van der Waals surface area contributed by atoms with E-state index >= 15 is 0 Å². The molecule has 1 saturated heterocycles. The molecule has 1 aliphatic rings. The third-order valence-corrected chi connectivity index (χ3v) is 3.98. The number of ether oxygens (including phenoxy) is 1. The number of alkyl halides is 3. The monoisotopic (exact) mass is 351 g/mol. The summed E-state index contributed by atoms with van der Waals surface area (Å²) in [4.78, 5) is 21.7. The molecule has 1 atom stereocenters. The SMILES string of the molecule is O=C(OC(c1cnccn1)c1ccccc1C(F)(F)F)N1CCCC1. The second-order valence-electron chi connectivity index (χ2n) is 5.67. The maximum Gasteiger partial charge on any atom is 0.416 e. The number of benzene rings is 1. The van der Waals surface area contributed by atoms with E-state index in [0.717, 1.165) is 18.9 Å². The van der Waals surface area contributed by atoms with Crippen molar-refractivity contribution in [2.75, 3.05) is 13.1 Å². The molecule has 1 aromatic heterocycles. The molecule has 1 aliphatic heterocycles. The van der Waals surface area contributed by atoms with Gasteiger partial charge in [0.1, 0.15) is 5.69 Å². The van der Waals surface area contributed by atoms with Gasteiger partial charge in [0.25, 0.3) is 0 Å². The Hall–Kier alpha value is -2.64. The number of carbonyl (C=O) groups excluding carboxylic acids is 1. The first-order chi connectivity index (χ1) is 12.0. The molecule has 5 nitrogen and oxygen atoms in total. The molecular formula is C17H16F3N3O2. The number of aromatic nitrogens is 2. The lowest BCUT2D eigenvalue weighted by Crippen LogP contribution is -2.30. The van der Waals surface area contributed by atoms with Crippen LogP contribution < -0.4 is 0 Å². The highest BCUT2D eigenvalue weighted by Gasteiger charge is 2.37. The first-order valence-electron chi connectivity index (χ1n) is 7.84. The highest BCUT2D eigenvalue weighted by atomic mass is 19.4. The van der Waals surface area contributed by atoms with Crippen molar-refractivity contribution in [1.82, 2.24) is 14.9 Å². The predicted octanol–water partition coefficient (Wildman–Crippen LogP) is 3.82. The second-order valence-corrected chi connectivity index (χ2v) is 5.67. The zero-order valence-electron chi connectivity index (χ0n) is 13.2. The molecule has 2 heterocycles. The van der Waals surface area contributed by atoms with Crippen molar-refractivity contribution in [2.24, 2.45) is 0 Å². The van der Waals surface area contributed by atoms with Gasteiger partial charge in [-0.15, -0.1) is 0 Å². The van der Waals surface area contributed by atoms with E-state index in [1.807, 2.05) is 0 Å². The van der Waals surface area contributed by atoms with Crippen molar-refractivity contribution in [3.63, 3.8) is 0 Å². The lowest BCUT2D eigenvalue weighted by atomic mass is 10.00. The largest absolute Gasteiger partial charge is 0.435 e. The smallest absolute Gasteiger partial charge is 0.416 e. The molecule has 8 heteroatoms. The van der Waals surface area contributed by atoms with Crippen LogP contribution >= 0.6 is 0 Å². The van der Waals surface area contributed by atoms with Gasteiger partial charge in [0.2, 0.25) is 0 Å². The van der Waals surface area contributed by atoms with Crippen LogP contribution in [0.5, 0.6) is 0 Å². The molecule has 2 aromatic rings. The Bertz CT molecular complexity index is 731. The van der Waals surface area contributed by atoms with E-state index in [0.29, 0.717) is 13.1 Å². The topological polar surface area (TPSA) is 55.3 Å². The zero-order valence-corrected chi connectivity index (χ0v) is 13.2. The first-order valence-corrected chi connectivity index (χ1v) is 7.84. The van der Waals surface area contributed by atoms with Crippen LogP contribution in [-0.2, 0) is 10.9 Å². The van der Waals surface area contributed by atoms with Crippen molar-refractivity contribution < 1.29 is 22.7 Å². The number of halogens is 3. The van der Waals surface area contributed by atoms with E-state index in [9.17, 15) is 18.0 Å². The van der Waals surface area contributed by atoms with E-state index in [4.69, 9.17) is 4.74 Å². The molecule has 1 unspecified atom stereocenters. The molecule has 132 valence electrons. The minimum Gasteiger partial charge on any atom is -0.435 e. The van der Waals surface area contributed by atoms with Gasteiger partial charge in [-0.25, -0.2) is 4.79 Å². The third-order valence-electron chi connectivity index (χ3n) is 3.98. The molecule has 0 aliphatic carbocycles. The summed E-state index contributed by atoms with van der Waals surface area (Å²) in [6.45, 7) is 1.07. The van der Waals surface area contributed by atoms with Crippen LogP contribution in [0.15, 0.2) is 42.9 Å².